The molecule has 1 amide bonds. The monoisotopic (exact) mass is 276 g/mol. The highest BCUT2D eigenvalue weighted by Gasteiger charge is 2.25. The SMILES string of the molecule is Cc1ccc(CNC(=O)C2Cc3nc[nH]c3CN2)s1. The van der Waals surface area contributed by atoms with Crippen LogP contribution < -0.4 is 10.6 Å². The Morgan fingerprint density at radius 3 is 3.26 bits per heavy atom. The van der Waals surface area contributed by atoms with Crippen molar-refractivity contribution in [2.75, 3.05) is 0 Å². The summed E-state index contributed by atoms with van der Waals surface area (Å²) in [4.78, 5) is 21.9. The highest BCUT2D eigenvalue weighted by atomic mass is 32.1. The van der Waals surface area contributed by atoms with E-state index in [0.29, 0.717) is 19.5 Å². The molecule has 1 atom stereocenters. The van der Waals surface area contributed by atoms with Crippen molar-refractivity contribution >= 4 is 17.2 Å². The molecule has 1 aliphatic heterocycles. The fraction of sp³-hybridized carbons (Fsp3) is 0.385. The van der Waals surface area contributed by atoms with E-state index in [-0.39, 0.29) is 11.9 Å². The third kappa shape index (κ3) is 2.69. The summed E-state index contributed by atoms with van der Waals surface area (Å²) in [5.74, 6) is 0.0414. The van der Waals surface area contributed by atoms with Gasteiger partial charge < -0.3 is 10.3 Å². The first kappa shape index (κ1) is 12.4. The Bertz CT molecular complexity index is 589. The smallest absolute Gasteiger partial charge is 0.237 e. The number of aryl methyl sites for hydroxylation is 1. The van der Waals surface area contributed by atoms with E-state index in [0.717, 1.165) is 11.4 Å². The summed E-state index contributed by atoms with van der Waals surface area (Å²) in [6.07, 6.45) is 2.33. The van der Waals surface area contributed by atoms with Gasteiger partial charge in [-0.05, 0) is 19.1 Å². The molecule has 0 bridgehead atoms. The Morgan fingerprint density at radius 2 is 2.47 bits per heavy atom. The summed E-state index contributed by atoms with van der Waals surface area (Å²) in [5.41, 5.74) is 2.07. The first-order valence-corrected chi connectivity index (χ1v) is 7.11. The topological polar surface area (TPSA) is 69.8 Å². The quantitative estimate of drug-likeness (QED) is 0.786. The second kappa shape index (κ2) is 5.14. The van der Waals surface area contributed by atoms with Gasteiger partial charge in [0.05, 0.1) is 30.3 Å². The summed E-state index contributed by atoms with van der Waals surface area (Å²) in [7, 11) is 0. The van der Waals surface area contributed by atoms with Crippen LogP contribution in [0.25, 0.3) is 0 Å². The van der Waals surface area contributed by atoms with Crippen molar-refractivity contribution in [2.45, 2.75) is 32.5 Å². The molecule has 100 valence electrons. The van der Waals surface area contributed by atoms with E-state index in [1.165, 1.54) is 9.75 Å². The first-order valence-electron chi connectivity index (χ1n) is 6.30. The van der Waals surface area contributed by atoms with Crippen LogP contribution in [0.1, 0.15) is 21.1 Å². The van der Waals surface area contributed by atoms with E-state index in [4.69, 9.17) is 0 Å². The highest BCUT2D eigenvalue weighted by Crippen LogP contribution is 2.15. The number of nitrogens with one attached hydrogen (secondary N) is 3. The molecule has 0 saturated carbocycles. The number of hydrogen-bond donors (Lipinski definition) is 3. The molecular formula is C13H16N4OS. The van der Waals surface area contributed by atoms with Gasteiger partial charge in [-0.25, -0.2) is 4.98 Å². The largest absolute Gasteiger partial charge is 0.350 e. The molecule has 3 heterocycles. The standard InChI is InChI=1S/C13H16N4OS/c1-8-2-3-9(19-8)5-15-13(18)11-4-10-12(6-14-11)17-7-16-10/h2-3,7,11,14H,4-6H2,1H3,(H,15,18)(H,16,17). The highest BCUT2D eigenvalue weighted by molar-refractivity contribution is 7.11. The molecule has 3 N–H and O–H groups in total. The minimum atomic E-state index is -0.183. The average molecular weight is 276 g/mol. The van der Waals surface area contributed by atoms with E-state index in [9.17, 15) is 4.79 Å². The summed E-state index contributed by atoms with van der Waals surface area (Å²) >= 11 is 1.71. The lowest BCUT2D eigenvalue weighted by atomic mass is 10.0. The number of rotatable bonds is 3. The van der Waals surface area contributed by atoms with Crippen LogP contribution in [0.4, 0.5) is 0 Å². The Hall–Kier alpha value is -1.66. The van der Waals surface area contributed by atoms with Gasteiger partial charge in [0.25, 0.3) is 0 Å². The van der Waals surface area contributed by atoms with Crippen molar-refractivity contribution in [3.63, 3.8) is 0 Å². The molecule has 1 aliphatic rings. The van der Waals surface area contributed by atoms with Crippen LogP contribution in [0.5, 0.6) is 0 Å². The molecule has 0 fully saturated rings. The van der Waals surface area contributed by atoms with Crippen molar-refractivity contribution < 1.29 is 4.79 Å². The van der Waals surface area contributed by atoms with Crippen molar-refractivity contribution in [1.29, 1.82) is 0 Å². The van der Waals surface area contributed by atoms with Crippen molar-refractivity contribution in [1.82, 2.24) is 20.6 Å². The third-order valence-electron chi connectivity index (χ3n) is 3.28. The first-order chi connectivity index (χ1) is 9.22. The summed E-state index contributed by atoms with van der Waals surface area (Å²) in [6.45, 7) is 3.34. The van der Waals surface area contributed by atoms with Gasteiger partial charge in [-0.2, -0.15) is 0 Å². The number of hydrogen-bond acceptors (Lipinski definition) is 4. The molecule has 3 rings (SSSR count). The second-order valence-electron chi connectivity index (χ2n) is 4.70. The molecule has 6 heteroatoms. The van der Waals surface area contributed by atoms with Crippen LogP contribution in [-0.4, -0.2) is 21.9 Å². The number of nitrogens with zero attached hydrogens (tertiary/aromatic N) is 1. The fourth-order valence-electron chi connectivity index (χ4n) is 2.23. The van der Waals surface area contributed by atoms with Crippen LogP contribution in [0.15, 0.2) is 18.5 Å². The van der Waals surface area contributed by atoms with Gasteiger partial charge in [0.15, 0.2) is 0 Å². The van der Waals surface area contributed by atoms with E-state index in [1.807, 2.05) is 0 Å². The molecule has 0 saturated heterocycles. The number of H-pyrrole nitrogens is 1. The minimum absolute atomic E-state index is 0.0414. The van der Waals surface area contributed by atoms with E-state index in [1.54, 1.807) is 17.7 Å². The van der Waals surface area contributed by atoms with Gasteiger partial charge in [-0.3, -0.25) is 10.1 Å². The average Bonchev–Trinajstić information content (AvgIpc) is 3.03. The molecule has 0 aromatic carbocycles. The predicted octanol–water partition coefficient (Wildman–Crippen LogP) is 1.11. The van der Waals surface area contributed by atoms with Gasteiger partial charge >= 0.3 is 0 Å². The lowest BCUT2D eigenvalue weighted by Gasteiger charge is -2.22. The van der Waals surface area contributed by atoms with Gasteiger partial charge in [0.1, 0.15) is 0 Å². The van der Waals surface area contributed by atoms with Crippen molar-refractivity contribution in [3.05, 3.63) is 39.6 Å². The summed E-state index contributed by atoms with van der Waals surface area (Å²) in [5, 5.41) is 6.20. The van der Waals surface area contributed by atoms with Crippen LogP contribution in [-0.2, 0) is 24.3 Å². The Labute approximate surface area is 115 Å². The fourth-order valence-corrected chi connectivity index (χ4v) is 3.06. The Kier molecular flexibility index (Phi) is 3.35. The molecule has 5 nitrogen and oxygen atoms in total. The van der Waals surface area contributed by atoms with E-state index >= 15 is 0 Å². The zero-order valence-corrected chi connectivity index (χ0v) is 11.5. The number of aromatic amines is 1. The van der Waals surface area contributed by atoms with Gasteiger partial charge in [0, 0.05) is 22.7 Å². The van der Waals surface area contributed by atoms with Crippen LogP contribution in [0.2, 0.25) is 0 Å². The van der Waals surface area contributed by atoms with Crippen molar-refractivity contribution in [2.24, 2.45) is 0 Å². The Balaban J connectivity index is 1.57. The Morgan fingerprint density at radius 1 is 1.58 bits per heavy atom. The minimum Gasteiger partial charge on any atom is -0.350 e. The zero-order valence-electron chi connectivity index (χ0n) is 10.7. The predicted molar refractivity (Wildman–Crippen MR) is 73.8 cm³/mol. The molecule has 0 radical (unpaired) electrons. The molecular weight excluding hydrogens is 260 g/mol. The number of carbonyl (C=O) groups excluding carboxylic acids is 1. The van der Waals surface area contributed by atoms with Crippen LogP contribution in [0.3, 0.4) is 0 Å². The van der Waals surface area contributed by atoms with E-state index < -0.39 is 0 Å². The lowest BCUT2D eigenvalue weighted by Crippen LogP contribution is -2.47. The maximum absolute atomic E-state index is 12.1. The molecule has 2 aromatic rings. The normalized spacial score (nSPS) is 18.1. The maximum atomic E-state index is 12.1. The molecule has 0 aliphatic carbocycles. The molecule has 1 unspecified atom stereocenters. The summed E-state index contributed by atoms with van der Waals surface area (Å²) in [6, 6.07) is 3.94. The van der Waals surface area contributed by atoms with Gasteiger partial charge in [-0.15, -0.1) is 11.3 Å². The number of carbonyl (C=O) groups is 1. The molecule has 19 heavy (non-hydrogen) atoms. The number of amides is 1. The van der Waals surface area contributed by atoms with Gasteiger partial charge in [-0.1, -0.05) is 0 Å². The number of fused-ring (bicyclic) bond motifs is 1. The number of thiophene rings is 1. The second-order valence-corrected chi connectivity index (χ2v) is 6.07. The van der Waals surface area contributed by atoms with Crippen LogP contribution >= 0.6 is 11.3 Å². The number of imidazole rings is 1. The number of aromatic nitrogens is 2. The van der Waals surface area contributed by atoms with Gasteiger partial charge in [0.2, 0.25) is 5.91 Å². The molecule has 2 aromatic heterocycles. The third-order valence-corrected chi connectivity index (χ3v) is 4.28. The lowest BCUT2D eigenvalue weighted by molar-refractivity contribution is -0.123. The zero-order chi connectivity index (χ0) is 13.2. The van der Waals surface area contributed by atoms with Crippen molar-refractivity contribution in [3.8, 4) is 0 Å². The molecule has 0 spiro atoms. The maximum Gasteiger partial charge on any atom is 0.237 e. The summed E-state index contributed by atoms with van der Waals surface area (Å²) < 4.78 is 0. The van der Waals surface area contributed by atoms with Crippen LogP contribution in [0, 0.1) is 6.92 Å². The van der Waals surface area contributed by atoms with E-state index in [2.05, 4.69) is 39.7 Å².